The van der Waals surface area contributed by atoms with E-state index in [0.717, 1.165) is 36.5 Å². The van der Waals surface area contributed by atoms with Crippen LogP contribution >= 0.6 is 11.6 Å². The van der Waals surface area contributed by atoms with E-state index in [4.69, 9.17) is 17.0 Å². The van der Waals surface area contributed by atoms with Crippen molar-refractivity contribution in [1.82, 2.24) is 9.97 Å². The van der Waals surface area contributed by atoms with Crippen LogP contribution < -0.4 is 10.6 Å². The van der Waals surface area contributed by atoms with Crippen LogP contribution in [0.25, 0.3) is 5.57 Å². The van der Waals surface area contributed by atoms with E-state index in [9.17, 15) is 0 Å². The first kappa shape index (κ1) is 19.9. The van der Waals surface area contributed by atoms with Gasteiger partial charge in [0.1, 0.15) is 0 Å². The minimum absolute atomic E-state index is 0.511. The number of hydrogen-bond donors (Lipinski definition) is 3. The van der Waals surface area contributed by atoms with E-state index in [-0.39, 0.29) is 0 Å². The molecular formula is C20H26ClN5. The molecule has 138 valence electrons. The van der Waals surface area contributed by atoms with Crippen molar-refractivity contribution in [2.75, 3.05) is 17.2 Å². The summed E-state index contributed by atoms with van der Waals surface area (Å²) in [5.74, 6) is 0.535. The molecule has 0 aromatic carbocycles. The molecule has 0 amide bonds. The molecule has 0 radical (unpaired) electrons. The maximum Gasteiger partial charge on any atom is 0.0919 e. The Morgan fingerprint density at radius 1 is 1.27 bits per heavy atom. The zero-order valence-corrected chi connectivity index (χ0v) is 16.3. The maximum atomic E-state index is 7.70. The minimum atomic E-state index is 0.511. The summed E-state index contributed by atoms with van der Waals surface area (Å²) in [4.78, 5) is 8.76. The lowest BCUT2D eigenvalue weighted by molar-refractivity contribution is 0.688. The van der Waals surface area contributed by atoms with Gasteiger partial charge in [0, 0.05) is 42.1 Å². The lowest BCUT2D eigenvalue weighted by Gasteiger charge is -2.11. The van der Waals surface area contributed by atoms with Gasteiger partial charge in [-0.1, -0.05) is 38.8 Å². The van der Waals surface area contributed by atoms with Crippen LogP contribution in [0.3, 0.4) is 0 Å². The van der Waals surface area contributed by atoms with Gasteiger partial charge in [0.15, 0.2) is 0 Å². The second-order valence-corrected chi connectivity index (χ2v) is 6.91. The van der Waals surface area contributed by atoms with E-state index < -0.39 is 0 Å². The number of aromatic nitrogens is 2. The maximum absolute atomic E-state index is 7.70. The lowest BCUT2D eigenvalue weighted by atomic mass is 10.2. The van der Waals surface area contributed by atoms with E-state index in [2.05, 4.69) is 41.4 Å². The number of aryl methyl sites for hydroxylation is 1. The Kier molecular flexibility index (Phi) is 7.60. The highest BCUT2D eigenvalue weighted by Gasteiger charge is 2.08. The molecule has 2 heterocycles. The van der Waals surface area contributed by atoms with Crippen molar-refractivity contribution in [2.45, 2.75) is 33.6 Å². The van der Waals surface area contributed by atoms with Crippen molar-refractivity contribution in [3.05, 3.63) is 53.2 Å². The number of halogens is 1. The Morgan fingerprint density at radius 3 is 2.73 bits per heavy atom. The molecule has 6 heteroatoms. The summed E-state index contributed by atoms with van der Waals surface area (Å²) < 4.78 is 0. The van der Waals surface area contributed by atoms with Gasteiger partial charge in [-0.25, -0.2) is 0 Å². The number of nitrogens with one attached hydrogen (secondary N) is 3. The summed E-state index contributed by atoms with van der Waals surface area (Å²) in [6.45, 7) is 7.27. The number of rotatable bonds is 9. The molecule has 2 aromatic heterocycles. The van der Waals surface area contributed by atoms with Crippen LogP contribution in [0.4, 0.5) is 11.4 Å². The summed E-state index contributed by atoms with van der Waals surface area (Å²) in [6, 6.07) is 5.75. The number of hydrogen-bond acceptors (Lipinski definition) is 5. The fourth-order valence-electron chi connectivity index (χ4n) is 2.37. The van der Waals surface area contributed by atoms with Crippen molar-refractivity contribution in [3.8, 4) is 0 Å². The van der Waals surface area contributed by atoms with Crippen molar-refractivity contribution in [2.24, 2.45) is 5.92 Å². The third-order valence-corrected chi connectivity index (χ3v) is 3.99. The summed E-state index contributed by atoms with van der Waals surface area (Å²) in [6.07, 6.45) is 8.51. The van der Waals surface area contributed by atoms with Crippen molar-refractivity contribution in [1.29, 1.82) is 5.41 Å². The molecule has 0 bridgehead atoms. The average molecular weight is 372 g/mol. The van der Waals surface area contributed by atoms with Gasteiger partial charge >= 0.3 is 0 Å². The molecule has 5 nitrogen and oxygen atoms in total. The van der Waals surface area contributed by atoms with Gasteiger partial charge in [0.05, 0.1) is 22.6 Å². The Balaban J connectivity index is 2.15. The molecule has 0 saturated heterocycles. The minimum Gasteiger partial charge on any atom is -0.384 e. The van der Waals surface area contributed by atoms with Crippen molar-refractivity contribution < 1.29 is 0 Å². The number of allylic oxidation sites excluding steroid dienone is 1. The second kappa shape index (κ2) is 9.92. The van der Waals surface area contributed by atoms with Crippen molar-refractivity contribution in [3.63, 3.8) is 0 Å². The first-order chi connectivity index (χ1) is 12.5. The summed E-state index contributed by atoms with van der Waals surface area (Å²) in [5.41, 5.74) is 4.03. The fraction of sp³-hybridized carbons (Fsp3) is 0.350. The highest BCUT2D eigenvalue weighted by molar-refractivity contribution is 6.33. The van der Waals surface area contributed by atoms with Crippen LogP contribution in [-0.4, -0.2) is 22.7 Å². The normalized spacial score (nSPS) is 11.5. The number of nitrogens with zero attached hydrogens (tertiary/aromatic N) is 2. The summed E-state index contributed by atoms with van der Waals surface area (Å²) in [5, 5.41) is 14.7. The van der Waals surface area contributed by atoms with Crippen molar-refractivity contribution >= 4 is 34.8 Å². The number of pyridine rings is 2. The molecule has 0 aliphatic rings. The van der Waals surface area contributed by atoms with Crippen LogP contribution in [-0.2, 0) is 6.42 Å². The average Bonchev–Trinajstić information content (AvgIpc) is 2.62. The van der Waals surface area contributed by atoms with Crippen LogP contribution in [0, 0.1) is 11.3 Å². The van der Waals surface area contributed by atoms with Crippen LogP contribution in [0.2, 0.25) is 5.02 Å². The largest absolute Gasteiger partial charge is 0.384 e. The van der Waals surface area contributed by atoms with Crippen LogP contribution in [0.1, 0.15) is 38.6 Å². The lowest BCUT2D eigenvalue weighted by Crippen LogP contribution is -2.08. The first-order valence-corrected chi connectivity index (χ1v) is 9.23. The Labute approximate surface area is 160 Å². The molecule has 0 atom stereocenters. The first-order valence-electron chi connectivity index (χ1n) is 8.85. The van der Waals surface area contributed by atoms with Gasteiger partial charge in [-0.2, -0.15) is 0 Å². The van der Waals surface area contributed by atoms with Gasteiger partial charge in [-0.3, -0.25) is 9.97 Å². The molecule has 0 fully saturated rings. The van der Waals surface area contributed by atoms with Gasteiger partial charge < -0.3 is 16.0 Å². The Hall–Kier alpha value is -2.40. The topological polar surface area (TPSA) is 73.7 Å². The molecule has 0 aliphatic carbocycles. The van der Waals surface area contributed by atoms with E-state index in [1.807, 2.05) is 18.2 Å². The molecule has 0 unspecified atom stereocenters. The highest BCUT2D eigenvalue weighted by Crippen LogP contribution is 2.24. The highest BCUT2D eigenvalue weighted by atomic mass is 35.5. The SMILES string of the molecule is CCCc1cc(N/C=C(\C=N)c2ncc(NCC(C)C)cc2Cl)ccn1. The van der Waals surface area contributed by atoms with E-state index in [1.165, 1.54) is 6.21 Å². The molecule has 0 saturated carbocycles. The molecule has 26 heavy (non-hydrogen) atoms. The Bertz CT molecular complexity index is 771. The Morgan fingerprint density at radius 2 is 2.08 bits per heavy atom. The van der Waals surface area contributed by atoms with Crippen LogP contribution in [0.15, 0.2) is 36.8 Å². The third kappa shape index (κ3) is 5.85. The van der Waals surface area contributed by atoms with Gasteiger partial charge in [-0.05, 0) is 30.5 Å². The monoisotopic (exact) mass is 371 g/mol. The quantitative estimate of drug-likeness (QED) is 0.526. The smallest absolute Gasteiger partial charge is 0.0919 e. The van der Waals surface area contributed by atoms with E-state index in [0.29, 0.717) is 22.2 Å². The summed E-state index contributed by atoms with van der Waals surface area (Å²) in [7, 11) is 0. The predicted octanol–water partition coefficient (Wildman–Crippen LogP) is 5.25. The van der Waals surface area contributed by atoms with E-state index >= 15 is 0 Å². The van der Waals surface area contributed by atoms with Gasteiger partial charge in [0.25, 0.3) is 0 Å². The van der Waals surface area contributed by atoms with Gasteiger partial charge in [-0.15, -0.1) is 0 Å². The molecular weight excluding hydrogens is 346 g/mol. The second-order valence-electron chi connectivity index (χ2n) is 6.50. The molecule has 2 aromatic rings. The zero-order chi connectivity index (χ0) is 18.9. The standard InChI is InChI=1S/C20H26ClN5/c1-4-5-16-8-17(6-7-23-16)25-12-15(10-22)20-19(21)9-18(13-26-20)24-11-14(2)3/h6-10,12-14,22,24H,4-5,11H2,1-3H3,(H,23,25)/b15-12+,22-10?. The molecule has 2 rings (SSSR count). The molecule has 0 aliphatic heterocycles. The molecule has 0 spiro atoms. The van der Waals surface area contributed by atoms with E-state index in [1.54, 1.807) is 18.6 Å². The molecule has 3 N–H and O–H groups in total. The van der Waals surface area contributed by atoms with Crippen LogP contribution in [0.5, 0.6) is 0 Å². The predicted molar refractivity (Wildman–Crippen MR) is 111 cm³/mol. The third-order valence-electron chi connectivity index (χ3n) is 3.70. The van der Waals surface area contributed by atoms with Gasteiger partial charge in [0.2, 0.25) is 0 Å². The summed E-state index contributed by atoms with van der Waals surface area (Å²) >= 11 is 6.38. The fourth-order valence-corrected chi connectivity index (χ4v) is 2.64. The number of anilines is 2. The zero-order valence-electron chi connectivity index (χ0n) is 15.5.